The van der Waals surface area contributed by atoms with Gasteiger partial charge in [0.2, 0.25) is 0 Å². The normalized spacial score (nSPS) is 16.0. The number of carbonyl (C=O) groups excluding carboxylic acids is 2. The van der Waals surface area contributed by atoms with Crippen LogP contribution >= 0.6 is 12.2 Å². The van der Waals surface area contributed by atoms with Gasteiger partial charge in [0, 0.05) is 26.8 Å². The fraction of sp³-hybridized carbons (Fsp3) is 0.647. The number of nitrogens with zero attached hydrogens (tertiary/aromatic N) is 1. The van der Waals surface area contributed by atoms with Crippen molar-refractivity contribution in [2.45, 2.75) is 45.6 Å². The fourth-order valence-electron chi connectivity index (χ4n) is 1.74. The third-order valence-corrected chi connectivity index (χ3v) is 3.11. The SMILES string of the molecule is CCC.CO.CO.NCC(=O)OCO.O=Cc1cn(C2CC[C@@H](O)O2)c(=S)[nH]c1=O. The zero-order valence-electron chi connectivity index (χ0n) is 17.6. The van der Waals surface area contributed by atoms with Gasteiger partial charge in [-0.15, -0.1) is 0 Å². The van der Waals surface area contributed by atoms with Crippen molar-refractivity contribution in [3.05, 3.63) is 26.9 Å². The van der Waals surface area contributed by atoms with Crippen molar-refractivity contribution in [2.24, 2.45) is 5.73 Å². The number of H-pyrrole nitrogens is 1. The molecule has 1 unspecified atom stereocenters. The van der Waals surface area contributed by atoms with E-state index in [1.54, 1.807) is 0 Å². The lowest BCUT2D eigenvalue weighted by Crippen LogP contribution is -2.20. The van der Waals surface area contributed by atoms with Gasteiger partial charge in [-0.25, -0.2) is 0 Å². The number of aliphatic hydroxyl groups excluding tert-OH is 4. The Bertz CT molecular complexity index is 679. The predicted molar refractivity (Wildman–Crippen MR) is 111 cm³/mol. The zero-order valence-corrected chi connectivity index (χ0v) is 18.4. The Morgan fingerprint density at radius 2 is 1.90 bits per heavy atom. The minimum absolute atomic E-state index is 0.0152. The molecule has 12 nitrogen and oxygen atoms in total. The van der Waals surface area contributed by atoms with Crippen molar-refractivity contribution in [1.29, 1.82) is 0 Å². The Labute approximate surface area is 179 Å². The fourth-order valence-corrected chi connectivity index (χ4v) is 2.00. The first-order valence-electron chi connectivity index (χ1n) is 8.84. The van der Waals surface area contributed by atoms with Gasteiger partial charge >= 0.3 is 5.97 Å². The summed E-state index contributed by atoms with van der Waals surface area (Å²) >= 11 is 4.95. The van der Waals surface area contributed by atoms with Crippen LogP contribution in [0.15, 0.2) is 11.0 Å². The molecule has 13 heteroatoms. The smallest absolute Gasteiger partial charge is 0.321 e. The summed E-state index contributed by atoms with van der Waals surface area (Å²) < 4.78 is 10.8. The molecule has 0 spiro atoms. The lowest BCUT2D eigenvalue weighted by Gasteiger charge is -2.14. The highest BCUT2D eigenvalue weighted by Gasteiger charge is 2.25. The molecule has 2 atom stereocenters. The molecule has 1 aromatic rings. The van der Waals surface area contributed by atoms with Gasteiger partial charge < -0.3 is 35.6 Å². The maximum absolute atomic E-state index is 11.2. The van der Waals surface area contributed by atoms with E-state index >= 15 is 0 Å². The Morgan fingerprint density at radius 1 is 1.37 bits per heavy atom. The number of nitrogens with two attached hydrogens (primary N) is 1. The minimum atomic E-state index is -0.821. The number of aromatic amines is 1. The van der Waals surface area contributed by atoms with Gasteiger partial charge in [0.15, 0.2) is 24.1 Å². The Kier molecular flexibility index (Phi) is 23.6. The van der Waals surface area contributed by atoms with Gasteiger partial charge in [-0.1, -0.05) is 20.3 Å². The number of aromatic nitrogens is 2. The number of carbonyl (C=O) groups is 2. The van der Waals surface area contributed by atoms with Crippen LogP contribution in [0.4, 0.5) is 0 Å². The molecule has 2 heterocycles. The summed E-state index contributed by atoms with van der Waals surface area (Å²) in [6, 6.07) is 0. The van der Waals surface area contributed by atoms with Gasteiger partial charge in [-0.05, 0) is 18.6 Å². The molecular formula is C17H33N3O9S. The van der Waals surface area contributed by atoms with Crippen LogP contribution in [-0.2, 0) is 14.3 Å². The quantitative estimate of drug-likeness (QED) is 0.147. The number of esters is 1. The highest BCUT2D eigenvalue weighted by atomic mass is 32.1. The molecule has 1 aliphatic rings. The summed E-state index contributed by atoms with van der Waals surface area (Å²) in [6.45, 7) is 3.48. The van der Waals surface area contributed by atoms with Crippen molar-refractivity contribution in [1.82, 2.24) is 9.55 Å². The second kappa shape index (κ2) is 21.7. The number of hydrogen-bond acceptors (Lipinski definition) is 11. The first-order chi connectivity index (χ1) is 14.3. The zero-order chi connectivity index (χ0) is 24.1. The van der Waals surface area contributed by atoms with Crippen LogP contribution < -0.4 is 11.3 Å². The van der Waals surface area contributed by atoms with Crippen molar-refractivity contribution in [3.8, 4) is 0 Å². The summed E-state index contributed by atoms with van der Waals surface area (Å²) in [5, 5.41) is 31.1. The van der Waals surface area contributed by atoms with E-state index in [0.29, 0.717) is 19.1 Å². The van der Waals surface area contributed by atoms with Crippen LogP contribution in [0.2, 0.25) is 0 Å². The summed E-state index contributed by atoms with van der Waals surface area (Å²) in [7, 11) is 2.00. The number of hydrogen-bond donors (Lipinski definition) is 6. The Balaban J connectivity index is -0.000000438. The number of aldehydes is 1. The molecule has 1 aromatic heterocycles. The van der Waals surface area contributed by atoms with E-state index in [0.717, 1.165) is 14.2 Å². The third-order valence-electron chi connectivity index (χ3n) is 2.80. The number of ether oxygens (including phenoxy) is 2. The van der Waals surface area contributed by atoms with E-state index in [1.807, 2.05) is 0 Å². The molecule has 1 aliphatic heterocycles. The molecule has 0 amide bonds. The molecule has 0 saturated carbocycles. The monoisotopic (exact) mass is 455 g/mol. The predicted octanol–water partition coefficient (Wildman–Crippen LogP) is -0.583. The molecule has 0 bridgehead atoms. The molecule has 7 N–H and O–H groups in total. The van der Waals surface area contributed by atoms with Gasteiger partial charge in [-0.3, -0.25) is 23.9 Å². The van der Waals surface area contributed by atoms with Crippen molar-refractivity contribution < 1.29 is 39.5 Å². The number of aliphatic hydroxyl groups is 4. The van der Waals surface area contributed by atoms with E-state index in [-0.39, 0.29) is 16.9 Å². The van der Waals surface area contributed by atoms with Crippen LogP contribution in [0.3, 0.4) is 0 Å². The maximum atomic E-state index is 11.2. The summed E-state index contributed by atoms with van der Waals surface area (Å²) in [5.74, 6) is -0.595. The van der Waals surface area contributed by atoms with Crippen molar-refractivity contribution >= 4 is 24.5 Å². The van der Waals surface area contributed by atoms with E-state index in [9.17, 15) is 19.5 Å². The topological polar surface area (TPSA) is 197 Å². The molecule has 1 saturated heterocycles. The van der Waals surface area contributed by atoms with Gasteiger partial charge in [0.1, 0.15) is 6.23 Å². The second-order valence-corrected chi connectivity index (χ2v) is 5.43. The first kappa shape index (κ1) is 32.7. The molecule has 0 radical (unpaired) electrons. The van der Waals surface area contributed by atoms with Gasteiger partial charge in [-0.2, -0.15) is 0 Å². The third kappa shape index (κ3) is 14.1. The Morgan fingerprint density at radius 3 is 2.23 bits per heavy atom. The summed E-state index contributed by atoms with van der Waals surface area (Å²) in [5.41, 5.74) is 4.24. The molecule has 2 rings (SSSR count). The number of rotatable bonds is 4. The molecule has 30 heavy (non-hydrogen) atoms. The average Bonchev–Trinajstić information content (AvgIpc) is 3.18. The Hall–Kier alpha value is -2.00. The summed E-state index contributed by atoms with van der Waals surface area (Å²) in [4.78, 5) is 34.1. The minimum Gasteiger partial charge on any atom is -0.438 e. The van der Waals surface area contributed by atoms with Gasteiger partial charge in [0.05, 0.1) is 12.1 Å². The lowest BCUT2D eigenvalue weighted by atomic mass is 10.3. The van der Waals surface area contributed by atoms with Crippen molar-refractivity contribution in [3.63, 3.8) is 0 Å². The van der Waals surface area contributed by atoms with Crippen LogP contribution in [0.25, 0.3) is 0 Å². The van der Waals surface area contributed by atoms with Crippen LogP contribution in [-0.4, -0.2) is 76.1 Å². The summed E-state index contributed by atoms with van der Waals surface area (Å²) in [6.07, 6.45) is 2.88. The molecular weight excluding hydrogens is 422 g/mol. The highest BCUT2D eigenvalue weighted by Crippen LogP contribution is 2.26. The lowest BCUT2D eigenvalue weighted by molar-refractivity contribution is -0.149. The standard InChI is InChI=1S/C9H10N2O4S.C3H7NO3.C3H8.2CH4O/c12-4-5-3-11(9(16)10-8(5)14)6-1-2-7(13)15-6;4-1-3(6)7-2-5;1-3-2;2*1-2/h3-4,6-7,13H,1-2H2,(H,10,14,16);5H,1-2,4H2;3H2,1-2H3;2*2H,1H3/t6?,7-;;;;/m0..../s1. The maximum Gasteiger partial charge on any atom is 0.321 e. The van der Waals surface area contributed by atoms with Crippen LogP contribution in [0.1, 0.15) is 49.7 Å². The highest BCUT2D eigenvalue weighted by molar-refractivity contribution is 7.71. The molecule has 0 aliphatic carbocycles. The molecule has 0 aromatic carbocycles. The average molecular weight is 456 g/mol. The van der Waals surface area contributed by atoms with Crippen LogP contribution in [0, 0.1) is 4.77 Å². The largest absolute Gasteiger partial charge is 0.438 e. The van der Waals surface area contributed by atoms with Crippen LogP contribution in [0.5, 0.6) is 0 Å². The second-order valence-electron chi connectivity index (χ2n) is 5.05. The number of nitrogens with one attached hydrogen (secondary N) is 1. The molecule has 176 valence electrons. The van der Waals surface area contributed by atoms with E-state index in [4.69, 9.17) is 38.0 Å². The van der Waals surface area contributed by atoms with Gasteiger partial charge in [0.25, 0.3) is 5.56 Å². The molecule has 1 fully saturated rings. The first-order valence-corrected chi connectivity index (χ1v) is 9.25. The van der Waals surface area contributed by atoms with E-state index in [1.165, 1.54) is 17.2 Å². The van der Waals surface area contributed by atoms with Crippen molar-refractivity contribution in [2.75, 3.05) is 27.6 Å². The van der Waals surface area contributed by atoms with E-state index in [2.05, 4.69) is 23.6 Å². The van der Waals surface area contributed by atoms with E-state index < -0.39 is 30.8 Å².